The third-order valence-electron chi connectivity index (χ3n) is 1.45. The van der Waals surface area contributed by atoms with Gasteiger partial charge in [0.25, 0.3) is 9.05 Å². The van der Waals surface area contributed by atoms with Gasteiger partial charge in [-0.2, -0.15) is 0 Å². The summed E-state index contributed by atoms with van der Waals surface area (Å²) in [6.07, 6.45) is 1.07. The fraction of sp³-hybridized carbons (Fsp3) is 0.143. The number of ether oxygens (including phenoxy) is 1. The summed E-state index contributed by atoms with van der Waals surface area (Å²) in [5.41, 5.74) is -0.292. The van der Waals surface area contributed by atoms with Crippen molar-refractivity contribution in [3.05, 3.63) is 22.8 Å². The Labute approximate surface area is 95.4 Å². The van der Waals surface area contributed by atoms with Crippen molar-refractivity contribution in [3.8, 4) is 0 Å². The van der Waals surface area contributed by atoms with Crippen molar-refractivity contribution >= 4 is 37.3 Å². The maximum atomic E-state index is 11.2. The predicted molar refractivity (Wildman–Crippen MR) is 53.6 cm³/mol. The molecule has 1 aromatic rings. The highest BCUT2D eigenvalue weighted by atomic mass is 35.7. The lowest BCUT2D eigenvalue weighted by Crippen LogP contribution is -2.09. The molecule has 15 heavy (non-hydrogen) atoms. The molecule has 1 heterocycles. The minimum Gasteiger partial charge on any atom is -0.465 e. The van der Waals surface area contributed by atoms with Gasteiger partial charge in [-0.3, -0.25) is 0 Å². The molecule has 8 heteroatoms. The van der Waals surface area contributed by atoms with Crippen LogP contribution in [0.3, 0.4) is 0 Å². The zero-order valence-corrected chi connectivity index (χ0v) is 9.73. The molecule has 1 rings (SSSR count). The van der Waals surface area contributed by atoms with Crippen molar-refractivity contribution in [2.45, 2.75) is 5.03 Å². The van der Waals surface area contributed by atoms with Crippen LogP contribution in [0.15, 0.2) is 17.3 Å². The summed E-state index contributed by atoms with van der Waals surface area (Å²) in [5, 5.41) is -0.458. The number of carbonyl (C=O) groups excluding carboxylic acids is 1. The lowest BCUT2D eigenvalue weighted by molar-refractivity contribution is 0.0595. The summed E-state index contributed by atoms with van der Waals surface area (Å²) in [6.45, 7) is 0. The van der Waals surface area contributed by atoms with E-state index in [2.05, 4.69) is 9.72 Å². The summed E-state index contributed by atoms with van der Waals surface area (Å²) in [6, 6.07) is 1.12. The largest absolute Gasteiger partial charge is 0.465 e. The van der Waals surface area contributed by atoms with Gasteiger partial charge in [0.15, 0.2) is 5.03 Å². The van der Waals surface area contributed by atoms with E-state index in [0.29, 0.717) is 0 Å². The minimum atomic E-state index is -4.10. The molecule has 0 radical (unpaired) electrons. The molecule has 0 aliphatic rings. The molecular formula is C7H5Cl2NO4S. The van der Waals surface area contributed by atoms with E-state index in [9.17, 15) is 13.2 Å². The highest BCUT2D eigenvalue weighted by molar-refractivity contribution is 8.13. The molecule has 82 valence electrons. The van der Waals surface area contributed by atoms with Crippen LogP contribution in [-0.4, -0.2) is 26.5 Å². The normalized spacial score (nSPS) is 11.1. The zero-order chi connectivity index (χ0) is 11.6. The fourth-order valence-electron chi connectivity index (χ4n) is 0.877. The lowest BCUT2D eigenvalue weighted by atomic mass is 10.3. The van der Waals surface area contributed by atoms with E-state index in [1.165, 1.54) is 0 Å². The van der Waals surface area contributed by atoms with Gasteiger partial charge in [-0.15, -0.1) is 0 Å². The molecule has 0 fully saturated rings. The van der Waals surface area contributed by atoms with Crippen LogP contribution >= 0.6 is 22.3 Å². The first kappa shape index (κ1) is 12.2. The van der Waals surface area contributed by atoms with Gasteiger partial charge < -0.3 is 4.74 Å². The van der Waals surface area contributed by atoms with Crippen molar-refractivity contribution in [2.24, 2.45) is 0 Å². The Morgan fingerprint density at radius 1 is 1.53 bits per heavy atom. The Morgan fingerprint density at radius 2 is 2.13 bits per heavy atom. The fourth-order valence-corrected chi connectivity index (χ4v) is 1.99. The third-order valence-corrected chi connectivity index (χ3v) is 2.89. The van der Waals surface area contributed by atoms with Crippen LogP contribution in [0.1, 0.15) is 10.4 Å². The number of nitrogens with zero attached hydrogens (tertiary/aromatic N) is 1. The van der Waals surface area contributed by atoms with Gasteiger partial charge in [-0.05, 0) is 6.07 Å². The monoisotopic (exact) mass is 269 g/mol. The number of hydrogen-bond donors (Lipinski definition) is 0. The molecule has 0 N–H and O–H groups in total. The van der Waals surface area contributed by atoms with E-state index in [4.69, 9.17) is 22.3 Å². The smallest absolute Gasteiger partial charge is 0.340 e. The number of rotatable bonds is 2. The van der Waals surface area contributed by atoms with Crippen molar-refractivity contribution in [3.63, 3.8) is 0 Å². The van der Waals surface area contributed by atoms with Gasteiger partial charge in [0.2, 0.25) is 0 Å². The quantitative estimate of drug-likeness (QED) is 0.600. The molecule has 0 spiro atoms. The molecule has 1 aromatic heterocycles. The Kier molecular flexibility index (Phi) is 3.54. The van der Waals surface area contributed by atoms with Crippen LogP contribution in [0.5, 0.6) is 0 Å². The van der Waals surface area contributed by atoms with Crippen LogP contribution in [0.2, 0.25) is 5.02 Å². The Bertz CT molecular complexity index is 500. The van der Waals surface area contributed by atoms with Crippen molar-refractivity contribution in [2.75, 3.05) is 7.11 Å². The van der Waals surface area contributed by atoms with Gasteiger partial charge in [0, 0.05) is 16.9 Å². The van der Waals surface area contributed by atoms with Gasteiger partial charge in [0.05, 0.1) is 17.7 Å². The number of methoxy groups -OCH3 is 1. The van der Waals surface area contributed by atoms with Crippen LogP contribution in [0.25, 0.3) is 0 Å². The standard InChI is InChI=1S/C7H5Cl2NO4S/c1-14-7(11)5-2-4(8)3-10-6(5)15(9,12)13/h2-3H,1H3. The van der Waals surface area contributed by atoms with E-state index in [1.807, 2.05) is 0 Å². The molecule has 5 nitrogen and oxygen atoms in total. The summed E-state index contributed by atoms with van der Waals surface area (Å²) in [5.74, 6) is -0.871. The van der Waals surface area contributed by atoms with E-state index in [1.54, 1.807) is 0 Å². The molecule has 0 saturated carbocycles. The molecule has 0 amide bonds. The van der Waals surface area contributed by atoms with Gasteiger partial charge in [-0.25, -0.2) is 18.2 Å². The van der Waals surface area contributed by atoms with E-state index >= 15 is 0 Å². The number of hydrogen-bond acceptors (Lipinski definition) is 5. The highest BCUT2D eigenvalue weighted by Gasteiger charge is 2.23. The van der Waals surface area contributed by atoms with Crippen LogP contribution < -0.4 is 0 Å². The average Bonchev–Trinajstić information content (AvgIpc) is 2.14. The Hall–Kier alpha value is -0.850. The van der Waals surface area contributed by atoms with E-state index in [0.717, 1.165) is 19.4 Å². The van der Waals surface area contributed by atoms with Crippen LogP contribution in [-0.2, 0) is 13.8 Å². The molecule has 0 atom stereocenters. The number of pyridine rings is 1. The summed E-state index contributed by atoms with van der Waals surface area (Å²) in [7, 11) is 2.08. The highest BCUT2D eigenvalue weighted by Crippen LogP contribution is 2.21. The second kappa shape index (κ2) is 4.34. The SMILES string of the molecule is COC(=O)c1cc(Cl)cnc1S(=O)(=O)Cl. The lowest BCUT2D eigenvalue weighted by Gasteiger charge is -2.03. The maximum absolute atomic E-state index is 11.2. The van der Waals surface area contributed by atoms with Gasteiger partial charge >= 0.3 is 5.97 Å². The molecule has 0 aliphatic carbocycles. The second-order valence-corrected chi connectivity index (χ2v) is 5.35. The predicted octanol–water partition coefficient (Wildman–Crippen LogP) is 1.45. The zero-order valence-electron chi connectivity index (χ0n) is 7.40. The number of esters is 1. The summed E-state index contributed by atoms with van der Waals surface area (Å²) < 4.78 is 26.4. The van der Waals surface area contributed by atoms with Crippen LogP contribution in [0.4, 0.5) is 0 Å². The van der Waals surface area contributed by atoms with Crippen molar-refractivity contribution < 1.29 is 17.9 Å². The van der Waals surface area contributed by atoms with Gasteiger partial charge in [0.1, 0.15) is 0 Å². The van der Waals surface area contributed by atoms with Crippen molar-refractivity contribution in [1.29, 1.82) is 0 Å². The molecule has 0 unspecified atom stereocenters. The summed E-state index contributed by atoms with van der Waals surface area (Å²) in [4.78, 5) is 14.7. The number of halogens is 2. The number of aromatic nitrogens is 1. The first-order valence-electron chi connectivity index (χ1n) is 3.55. The topological polar surface area (TPSA) is 73.3 Å². The first-order chi connectivity index (χ1) is 6.86. The molecule has 0 aromatic carbocycles. The van der Waals surface area contributed by atoms with Crippen molar-refractivity contribution in [1.82, 2.24) is 4.98 Å². The number of carbonyl (C=O) groups is 1. The van der Waals surface area contributed by atoms with E-state index in [-0.39, 0.29) is 10.6 Å². The summed E-state index contributed by atoms with van der Waals surface area (Å²) >= 11 is 5.56. The average molecular weight is 270 g/mol. The second-order valence-electron chi connectivity index (χ2n) is 2.44. The molecule has 0 saturated heterocycles. The Morgan fingerprint density at radius 3 is 2.60 bits per heavy atom. The third kappa shape index (κ3) is 2.80. The molecule has 0 aliphatic heterocycles. The first-order valence-corrected chi connectivity index (χ1v) is 6.23. The maximum Gasteiger partial charge on any atom is 0.340 e. The van der Waals surface area contributed by atoms with Crippen LogP contribution in [0, 0.1) is 0 Å². The molecule has 0 bridgehead atoms. The van der Waals surface area contributed by atoms with E-state index < -0.39 is 20.0 Å². The Balaban J connectivity index is 3.47. The van der Waals surface area contributed by atoms with Gasteiger partial charge in [-0.1, -0.05) is 11.6 Å². The minimum absolute atomic E-state index is 0.111. The molecular weight excluding hydrogens is 265 g/mol.